The lowest BCUT2D eigenvalue weighted by molar-refractivity contribution is 0.143. The van der Waals surface area contributed by atoms with E-state index in [1.165, 1.54) is 0 Å². The van der Waals surface area contributed by atoms with Crippen molar-refractivity contribution >= 4 is 21.6 Å². The molecule has 132 valence electrons. The minimum Gasteiger partial charge on any atom is -0.391 e. The molecule has 2 aromatic rings. The molecule has 0 aliphatic heterocycles. The van der Waals surface area contributed by atoms with E-state index in [2.05, 4.69) is 14.8 Å². The molecular weight excluding hydrogens is 352 g/mol. The average Bonchev–Trinajstić information content (AvgIpc) is 2.86. The van der Waals surface area contributed by atoms with Gasteiger partial charge in [-0.15, -0.1) is 0 Å². The van der Waals surface area contributed by atoms with Gasteiger partial charge in [0.05, 0.1) is 25.4 Å². The molecule has 0 aliphatic rings. The van der Waals surface area contributed by atoms with Crippen LogP contribution in [-0.4, -0.2) is 40.6 Å². The van der Waals surface area contributed by atoms with Crippen LogP contribution in [-0.2, 0) is 29.5 Å². The Balaban J connectivity index is 2.22. The van der Waals surface area contributed by atoms with Crippen molar-refractivity contribution < 1.29 is 13.5 Å². The van der Waals surface area contributed by atoms with Crippen LogP contribution in [0.3, 0.4) is 0 Å². The number of nitrogens with zero attached hydrogens (tertiary/aromatic N) is 3. The summed E-state index contributed by atoms with van der Waals surface area (Å²) in [5.41, 5.74) is 0.957. The van der Waals surface area contributed by atoms with Gasteiger partial charge in [0.1, 0.15) is 5.82 Å². The van der Waals surface area contributed by atoms with Crippen LogP contribution in [0.15, 0.2) is 24.3 Å². The number of aliphatic hydroxyl groups excluding tert-OH is 1. The lowest BCUT2D eigenvalue weighted by atomic mass is 10.1. The fourth-order valence-corrected chi connectivity index (χ4v) is 2.74. The molecule has 0 spiro atoms. The number of benzene rings is 1. The van der Waals surface area contributed by atoms with E-state index in [-0.39, 0.29) is 13.1 Å². The molecule has 0 amide bonds. The molecular formula is C15H21ClN4O3S. The predicted molar refractivity (Wildman–Crippen MR) is 92.3 cm³/mol. The first-order valence-corrected chi connectivity index (χ1v) is 9.83. The number of aliphatic hydroxyl groups is 1. The van der Waals surface area contributed by atoms with Crippen molar-refractivity contribution in [2.75, 3.05) is 6.26 Å². The third kappa shape index (κ3) is 5.86. The molecule has 7 nitrogen and oxygen atoms in total. The fourth-order valence-electron chi connectivity index (χ4n) is 2.13. The summed E-state index contributed by atoms with van der Waals surface area (Å²) in [6.45, 7) is 2.15. The van der Waals surface area contributed by atoms with Crippen molar-refractivity contribution in [3.8, 4) is 0 Å². The number of nitrogens with one attached hydrogen (secondary N) is 1. The second-order valence-corrected chi connectivity index (χ2v) is 7.86. The summed E-state index contributed by atoms with van der Waals surface area (Å²) in [6, 6.07) is 7.39. The summed E-state index contributed by atoms with van der Waals surface area (Å²) in [4.78, 5) is 4.40. The minimum absolute atomic E-state index is 0.0256. The summed E-state index contributed by atoms with van der Waals surface area (Å²) in [7, 11) is -3.34. The summed E-state index contributed by atoms with van der Waals surface area (Å²) in [5.74, 6) is 1.01. The molecule has 0 unspecified atom stereocenters. The normalized spacial score (nSPS) is 13.2. The van der Waals surface area contributed by atoms with E-state index in [0.29, 0.717) is 29.5 Å². The maximum Gasteiger partial charge on any atom is 0.209 e. The van der Waals surface area contributed by atoms with E-state index in [0.717, 1.165) is 11.8 Å². The van der Waals surface area contributed by atoms with E-state index in [1.807, 2.05) is 25.1 Å². The Labute approximate surface area is 146 Å². The lowest BCUT2D eigenvalue weighted by Crippen LogP contribution is -2.25. The number of halogens is 1. The van der Waals surface area contributed by atoms with Crippen LogP contribution >= 0.6 is 11.6 Å². The molecule has 1 heterocycles. The average molecular weight is 373 g/mol. The smallest absolute Gasteiger partial charge is 0.209 e. The van der Waals surface area contributed by atoms with Gasteiger partial charge in [0.15, 0.2) is 5.82 Å². The van der Waals surface area contributed by atoms with E-state index < -0.39 is 16.1 Å². The molecule has 1 aromatic carbocycles. The number of rotatable bonds is 8. The first kappa shape index (κ1) is 18.9. The van der Waals surface area contributed by atoms with E-state index >= 15 is 0 Å². The van der Waals surface area contributed by atoms with Gasteiger partial charge in [-0.1, -0.05) is 30.7 Å². The van der Waals surface area contributed by atoms with Crippen molar-refractivity contribution in [2.45, 2.75) is 39.0 Å². The van der Waals surface area contributed by atoms with E-state index in [1.54, 1.807) is 10.7 Å². The molecule has 0 saturated carbocycles. The molecule has 0 radical (unpaired) electrons. The monoisotopic (exact) mass is 372 g/mol. The Kier molecular flexibility index (Phi) is 6.34. The molecule has 0 bridgehead atoms. The third-order valence-electron chi connectivity index (χ3n) is 3.39. The summed E-state index contributed by atoms with van der Waals surface area (Å²) in [6.07, 6.45) is 1.56. The van der Waals surface area contributed by atoms with Crippen LogP contribution in [0.1, 0.15) is 30.6 Å². The Bertz CT molecular complexity index is 792. The van der Waals surface area contributed by atoms with Gasteiger partial charge < -0.3 is 5.11 Å². The van der Waals surface area contributed by atoms with Gasteiger partial charge in [0, 0.05) is 11.4 Å². The molecule has 1 atom stereocenters. The van der Waals surface area contributed by atoms with E-state index in [4.69, 9.17) is 11.6 Å². The molecule has 0 aliphatic carbocycles. The highest BCUT2D eigenvalue weighted by Crippen LogP contribution is 2.14. The van der Waals surface area contributed by atoms with Crippen LogP contribution < -0.4 is 4.72 Å². The largest absolute Gasteiger partial charge is 0.391 e. The van der Waals surface area contributed by atoms with Crippen molar-refractivity contribution in [1.29, 1.82) is 0 Å². The Morgan fingerprint density at radius 3 is 2.79 bits per heavy atom. The zero-order valence-electron chi connectivity index (χ0n) is 13.6. The molecule has 0 fully saturated rings. The minimum atomic E-state index is -3.34. The molecule has 2 rings (SSSR count). The van der Waals surface area contributed by atoms with Crippen LogP contribution in [0.25, 0.3) is 0 Å². The van der Waals surface area contributed by atoms with Gasteiger partial charge in [0.25, 0.3) is 0 Å². The summed E-state index contributed by atoms with van der Waals surface area (Å²) in [5, 5.41) is 14.9. The standard InChI is InChI=1S/C15H21ClN4O3S/c1-3-13(21)10-20-15(9-17-24(2,22)23)18-14(19-20)8-11-5-4-6-12(16)7-11/h4-7,13,17,21H,3,8-10H2,1-2H3/t13-/m0/s1. The van der Waals surface area contributed by atoms with Crippen molar-refractivity contribution in [1.82, 2.24) is 19.5 Å². The van der Waals surface area contributed by atoms with Gasteiger partial charge in [-0.25, -0.2) is 22.8 Å². The van der Waals surface area contributed by atoms with Gasteiger partial charge in [-0.2, -0.15) is 5.10 Å². The Morgan fingerprint density at radius 2 is 2.17 bits per heavy atom. The zero-order chi connectivity index (χ0) is 17.7. The third-order valence-corrected chi connectivity index (χ3v) is 4.29. The van der Waals surface area contributed by atoms with Gasteiger partial charge in [0.2, 0.25) is 10.0 Å². The number of hydrogen-bond acceptors (Lipinski definition) is 5. The highest BCUT2D eigenvalue weighted by molar-refractivity contribution is 7.88. The van der Waals surface area contributed by atoms with Gasteiger partial charge >= 0.3 is 0 Å². The van der Waals surface area contributed by atoms with Crippen LogP contribution in [0.2, 0.25) is 5.02 Å². The maximum absolute atomic E-state index is 11.3. The number of hydrogen-bond donors (Lipinski definition) is 2. The molecule has 0 saturated heterocycles. The highest BCUT2D eigenvalue weighted by Gasteiger charge is 2.14. The first-order chi connectivity index (χ1) is 11.3. The molecule has 24 heavy (non-hydrogen) atoms. The van der Waals surface area contributed by atoms with Crippen LogP contribution in [0, 0.1) is 0 Å². The van der Waals surface area contributed by atoms with Crippen molar-refractivity contribution in [3.05, 3.63) is 46.5 Å². The zero-order valence-corrected chi connectivity index (χ0v) is 15.2. The van der Waals surface area contributed by atoms with Gasteiger partial charge in [-0.05, 0) is 24.1 Å². The topological polar surface area (TPSA) is 97.1 Å². The second kappa shape index (κ2) is 8.06. The Hall–Kier alpha value is -1.48. The lowest BCUT2D eigenvalue weighted by Gasteiger charge is -2.10. The fraction of sp³-hybridized carbons (Fsp3) is 0.467. The number of sulfonamides is 1. The number of aromatic nitrogens is 3. The first-order valence-electron chi connectivity index (χ1n) is 7.56. The SMILES string of the molecule is CC[C@H](O)Cn1nc(Cc2cccc(Cl)c2)nc1CNS(C)(=O)=O. The van der Waals surface area contributed by atoms with Gasteiger partial charge in [-0.3, -0.25) is 0 Å². The molecule has 2 N–H and O–H groups in total. The van der Waals surface area contributed by atoms with Crippen molar-refractivity contribution in [3.63, 3.8) is 0 Å². The van der Waals surface area contributed by atoms with Crippen LogP contribution in [0.5, 0.6) is 0 Å². The van der Waals surface area contributed by atoms with Crippen molar-refractivity contribution in [2.24, 2.45) is 0 Å². The summed E-state index contributed by atoms with van der Waals surface area (Å²) < 4.78 is 26.5. The Morgan fingerprint density at radius 1 is 1.42 bits per heavy atom. The van der Waals surface area contributed by atoms with E-state index in [9.17, 15) is 13.5 Å². The summed E-state index contributed by atoms with van der Waals surface area (Å²) >= 11 is 5.98. The molecule has 1 aromatic heterocycles. The highest BCUT2D eigenvalue weighted by atomic mass is 35.5. The quantitative estimate of drug-likeness (QED) is 0.728. The molecule has 9 heteroatoms. The maximum atomic E-state index is 11.3. The second-order valence-electron chi connectivity index (χ2n) is 5.59. The van der Waals surface area contributed by atoms with Crippen LogP contribution in [0.4, 0.5) is 0 Å². The predicted octanol–water partition coefficient (Wildman–Crippen LogP) is 1.34.